The summed E-state index contributed by atoms with van der Waals surface area (Å²) in [4.78, 5) is 25.3. The molecule has 0 spiro atoms. The average molecular weight is 289 g/mol. The van der Waals surface area contributed by atoms with E-state index in [9.17, 15) is 9.59 Å². The lowest BCUT2D eigenvalue weighted by molar-refractivity contribution is -0.141. The van der Waals surface area contributed by atoms with Crippen LogP contribution < -0.4 is 4.74 Å². The van der Waals surface area contributed by atoms with E-state index in [1.807, 2.05) is 26.0 Å². The molecule has 112 valence electrons. The van der Waals surface area contributed by atoms with Crippen LogP contribution in [0.3, 0.4) is 0 Å². The number of carboxylic acid groups (broad SMARTS) is 1. The predicted molar refractivity (Wildman–Crippen MR) is 76.5 cm³/mol. The molecule has 1 N–H and O–H groups in total. The number of nitrogens with zero attached hydrogens (tertiary/aromatic N) is 1. The van der Waals surface area contributed by atoms with Crippen LogP contribution in [-0.2, 0) is 9.59 Å². The Morgan fingerprint density at radius 2 is 2.00 bits per heavy atom. The lowest BCUT2D eigenvalue weighted by atomic mass is 9.96. The molecule has 0 bridgehead atoms. The van der Waals surface area contributed by atoms with Crippen molar-refractivity contribution in [3.05, 3.63) is 28.8 Å². The molecule has 2 aliphatic rings. The SMILES string of the molecule is Cc1cc2c(cc1C)C(C(=O)N1CCC(C(=O)O)C1)CO2. The van der Waals surface area contributed by atoms with Gasteiger partial charge in [-0.2, -0.15) is 0 Å². The predicted octanol–water partition coefficient (Wildman–Crippen LogP) is 1.71. The van der Waals surface area contributed by atoms with Crippen molar-refractivity contribution < 1.29 is 19.4 Å². The Labute approximate surface area is 123 Å². The molecule has 5 nitrogen and oxygen atoms in total. The Morgan fingerprint density at radius 3 is 2.67 bits per heavy atom. The number of hydrogen-bond donors (Lipinski definition) is 1. The van der Waals surface area contributed by atoms with Gasteiger partial charge in [0, 0.05) is 18.7 Å². The van der Waals surface area contributed by atoms with Gasteiger partial charge in [-0.05, 0) is 37.5 Å². The summed E-state index contributed by atoms with van der Waals surface area (Å²) in [5, 5.41) is 9.04. The molecule has 2 heterocycles. The Balaban J connectivity index is 1.80. The Kier molecular flexibility index (Phi) is 3.35. The zero-order valence-electron chi connectivity index (χ0n) is 12.3. The first-order valence-electron chi connectivity index (χ1n) is 7.23. The van der Waals surface area contributed by atoms with Crippen molar-refractivity contribution in [2.24, 2.45) is 5.92 Å². The summed E-state index contributed by atoms with van der Waals surface area (Å²) in [7, 11) is 0. The maximum atomic E-state index is 12.6. The third-order valence-corrected chi connectivity index (χ3v) is 4.55. The van der Waals surface area contributed by atoms with Crippen LogP contribution in [0, 0.1) is 19.8 Å². The third kappa shape index (κ3) is 2.37. The van der Waals surface area contributed by atoms with Gasteiger partial charge >= 0.3 is 5.97 Å². The molecule has 2 unspecified atom stereocenters. The van der Waals surface area contributed by atoms with E-state index in [2.05, 4.69) is 0 Å². The van der Waals surface area contributed by atoms with Gasteiger partial charge in [0.1, 0.15) is 18.3 Å². The van der Waals surface area contributed by atoms with Crippen LogP contribution in [0.2, 0.25) is 0 Å². The zero-order valence-corrected chi connectivity index (χ0v) is 12.3. The number of carboxylic acids is 1. The monoisotopic (exact) mass is 289 g/mol. The molecule has 1 amide bonds. The molecule has 1 fully saturated rings. The van der Waals surface area contributed by atoms with Crippen molar-refractivity contribution >= 4 is 11.9 Å². The molecule has 3 rings (SSSR count). The van der Waals surface area contributed by atoms with Crippen LogP contribution in [0.15, 0.2) is 12.1 Å². The summed E-state index contributed by atoms with van der Waals surface area (Å²) >= 11 is 0. The highest BCUT2D eigenvalue weighted by Gasteiger charge is 2.38. The van der Waals surface area contributed by atoms with Crippen LogP contribution in [0.1, 0.15) is 29.0 Å². The van der Waals surface area contributed by atoms with Gasteiger partial charge in [-0.15, -0.1) is 0 Å². The van der Waals surface area contributed by atoms with Crippen LogP contribution in [0.5, 0.6) is 5.75 Å². The molecule has 5 heteroatoms. The van der Waals surface area contributed by atoms with E-state index in [0.29, 0.717) is 26.1 Å². The maximum Gasteiger partial charge on any atom is 0.308 e. The number of amides is 1. The van der Waals surface area contributed by atoms with E-state index >= 15 is 0 Å². The second-order valence-electron chi connectivity index (χ2n) is 5.95. The molecular weight excluding hydrogens is 270 g/mol. The number of carbonyl (C=O) groups excluding carboxylic acids is 1. The summed E-state index contributed by atoms with van der Waals surface area (Å²) < 4.78 is 5.64. The van der Waals surface area contributed by atoms with Crippen molar-refractivity contribution in [2.75, 3.05) is 19.7 Å². The quantitative estimate of drug-likeness (QED) is 0.900. The van der Waals surface area contributed by atoms with Crippen molar-refractivity contribution in [1.82, 2.24) is 4.90 Å². The number of fused-ring (bicyclic) bond motifs is 1. The molecule has 2 aliphatic heterocycles. The van der Waals surface area contributed by atoms with E-state index in [4.69, 9.17) is 9.84 Å². The van der Waals surface area contributed by atoms with Gasteiger partial charge in [0.25, 0.3) is 0 Å². The van der Waals surface area contributed by atoms with E-state index in [-0.39, 0.29) is 11.8 Å². The number of ether oxygens (including phenoxy) is 1. The number of benzene rings is 1. The summed E-state index contributed by atoms with van der Waals surface area (Å²) in [5.74, 6) is -0.784. The van der Waals surface area contributed by atoms with Gasteiger partial charge in [0.2, 0.25) is 5.91 Å². The van der Waals surface area contributed by atoms with Crippen LogP contribution in [0.25, 0.3) is 0 Å². The number of rotatable bonds is 2. The summed E-state index contributed by atoms with van der Waals surface area (Å²) in [6.45, 7) is 5.22. The summed E-state index contributed by atoms with van der Waals surface area (Å²) in [5.41, 5.74) is 3.22. The van der Waals surface area contributed by atoms with Gasteiger partial charge in [-0.3, -0.25) is 9.59 Å². The molecule has 1 saturated heterocycles. The number of aryl methyl sites for hydroxylation is 2. The Bertz CT molecular complexity index is 611. The minimum Gasteiger partial charge on any atom is -0.492 e. The standard InChI is InChI=1S/C16H19NO4/c1-9-5-12-13(8-21-14(12)6-10(9)2)15(18)17-4-3-11(7-17)16(19)20/h5-6,11,13H,3-4,7-8H2,1-2H3,(H,19,20). The smallest absolute Gasteiger partial charge is 0.308 e. The summed E-state index contributed by atoms with van der Waals surface area (Å²) in [6, 6.07) is 3.99. The highest BCUT2D eigenvalue weighted by atomic mass is 16.5. The molecule has 1 aromatic carbocycles. The van der Waals surface area contributed by atoms with Gasteiger partial charge in [0.15, 0.2) is 0 Å². The topological polar surface area (TPSA) is 66.8 Å². The Hall–Kier alpha value is -2.04. The minimum atomic E-state index is -0.820. The van der Waals surface area contributed by atoms with E-state index in [1.54, 1.807) is 4.90 Å². The number of hydrogen-bond acceptors (Lipinski definition) is 3. The molecule has 0 aromatic heterocycles. The van der Waals surface area contributed by atoms with Crippen LogP contribution >= 0.6 is 0 Å². The molecular formula is C16H19NO4. The first-order valence-corrected chi connectivity index (χ1v) is 7.23. The molecule has 1 aromatic rings. The third-order valence-electron chi connectivity index (χ3n) is 4.55. The fourth-order valence-electron chi connectivity index (χ4n) is 3.06. The van der Waals surface area contributed by atoms with Crippen LogP contribution in [0.4, 0.5) is 0 Å². The van der Waals surface area contributed by atoms with Gasteiger partial charge < -0.3 is 14.7 Å². The zero-order chi connectivity index (χ0) is 15.1. The van der Waals surface area contributed by atoms with E-state index < -0.39 is 11.9 Å². The minimum absolute atomic E-state index is 0.0132. The van der Waals surface area contributed by atoms with Crippen molar-refractivity contribution in [2.45, 2.75) is 26.2 Å². The largest absolute Gasteiger partial charge is 0.492 e. The molecule has 2 atom stereocenters. The van der Waals surface area contributed by atoms with Crippen molar-refractivity contribution in [3.8, 4) is 5.75 Å². The molecule has 0 radical (unpaired) electrons. The number of aliphatic carboxylic acids is 1. The lowest BCUT2D eigenvalue weighted by Gasteiger charge is -2.19. The van der Waals surface area contributed by atoms with Crippen molar-refractivity contribution in [1.29, 1.82) is 0 Å². The molecule has 0 aliphatic carbocycles. The number of likely N-dealkylation sites (tertiary alicyclic amines) is 1. The first-order chi connectivity index (χ1) is 9.97. The first kappa shape index (κ1) is 13.9. The van der Waals surface area contributed by atoms with Gasteiger partial charge in [-0.25, -0.2) is 0 Å². The highest BCUT2D eigenvalue weighted by molar-refractivity contribution is 5.86. The van der Waals surface area contributed by atoms with E-state index in [1.165, 1.54) is 0 Å². The van der Waals surface area contributed by atoms with Crippen molar-refractivity contribution in [3.63, 3.8) is 0 Å². The normalized spacial score (nSPS) is 23.8. The molecule has 0 saturated carbocycles. The molecule has 21 heavy (non-hydrogen) atoms. The summed E-state index contributed by atoms with van der Waals surface area (Å²) in [6.07, 6.45) is 0.536. The number of carbonyl (C=O) groups is 2. The second kappa shape index (κ2) is 5.06. The van der Waals surface area contributed by atoms with Gasteiger partial charge in [0.05, 0.1) is 5.92 Å². The second-order valence-corrected chi connectivity index (χ2v) is 5.95. The Morgan fingerprint density at radius 1 is 1.29 bits per heavy atom. The highest BCUT2D eigenvalue weighted by Crippen LogP contribution is 2.37. The van der Waals surface area contributed by atoms with Gasteiger partial charge in [-0.1, -0.05) is 6.07 Å². The fraction of sp³-hybridized carbons (Fsp3) is 0.500. The average Bonchev–Trinajstić information content (AvgIpc) is 3.05. The lowest BCUT2D eigenvalue weighted by Crippen LogP contribution is -2.34. The van der Waals surface area contributed by atoms with E-state index in [0.717, 1.165) is 22.4 Å². The maximum absolute atomic E-state index is 12.6. The fourth-order valence-corrected chi connectivity index (χ4v) is 3.06. The van der Waals surface area contributed by atoms with Crippen LogP contribution in [-0.4, -0.2) is 41.6 Å².